The highest BCUT2D eigenvalue weighted by atomic mass is 79.9. The molecule has 0 unspecified atom stereocenters. The first kappa shape index (κ1) is 16.1. The summed E-state index contributed by atoms with van der Waals surface area (Å²) in [5.74, 6) is -0.586. The fourth-order valence-electron chi connectivity index (χ4n) is 1.70. The molecule has 3 nitrogen and oxygen atoms in total. The third-order valence-electron chi connectivity index (χ3n) is 2.82. The zero-order valence-electron chi connectivity index (χ0n) is 12.3. The fraction of sp³-hybridized carbons (Fsp3) is 0.333. The van der Waals surface area contributed by atoms with Crippen molar-refractivity contribution in [1.82, 2.24) is 4.98 Å². The molecule has 0 aliphatic rings. The van der Waals surface area contributed by atoms with Crippen LogP contribution in [0.2, 0.25) is 0 Å². The van der Waals surface area contributed by atoms with Crippen molar-refractivity contribution in [2.24, 2.45) is 0 Å². The van der Waals surface area contributed by atoms with Gasteiger partial charge in [-0.3, -0.25) is 4.79 Å². The first-order valence-electron chi connectivity index (χ1n) is 6.43. The van der Waals surface area contributed by atoms with E-state index in [9.17, 15) is 9.18 Å². The van der Waals surface area contributed by atoms with Gasteiger partial charge in [-0.1, -0.05) is 20.8 Å². The maximum absolute atomic E-state index is 13.1. The maximum atomic E-state index is 13.1. The summed E-state index contributed by atoms with van der Waals surface area (Å²) < 4.78 is 13.6. The van der Waals surface area contributed by atoms with Gasteiger partial charge in [-0.15, -0.1) is 11.3 Å². The van der Waals surface area contributed by atoms with Crippen LogP contribution in [0, 0.1) is 12.7 Å². The lowest BCUT2D eigenvalue weighted by atomic mass is 9.98. The number of hydrogen-bond donors (Lipinski definition) is 1. The van der Waals surface area contributed by atoms with Crippen LogP contribution in [0.1, 0.15) is 41.1 Å². The van der Waals surface area contributed by atoms with Crippen LogP contribution in [-0.2, 0) is 5.41 Å². The van der Waals surface area contributed by atoms with E-state index in [2.05, 4.69) is 47.0 Å². The van der Waals surface area contributed by atoms with Gasteiger partial charge in [0.25, 0.3) is 5.91 Å². The van der Waals surface area contributed by atoms with E-state index in [1.807, 2.05) is 6.92 Å². The number of carbonyl (C=O) groups excluding carboxylic acids is 1. The number of hydrogen-bond acceptors (Lipinski definition) is 3. The van der Waals surface area contributed by atoms with Crippen molar-refractivity contribution < 1.29 is 9.18 Å². The quantitative estimate of drug-likeness (QED) is 0.816. The molecule has 0 aliphatic heterocycles. The number of nitrogens with zero attached hydrogens (tertiary/aromatic N) is 1. The highest BCUT2D eigenvalue weighted by molar-refractivity contribution is 9.10. The Hall–Kier alpha value is -1.27. The van der Waals surface area contributed by atoms with Gasteiger partial charge >= 0.3 is 0 Å². The minimum absolute atomic E-state index is 0.0928. The summed E-state index contributed by atoms with van der Waals surface area (Å²) in [6.07, 6.45) is 0. The largest absolute Gasteiger partial charge is 0.320 e. The van der Waals surface area contributed by atoms with Gasteiger partial charge < -0.3 is 5.32 Å². The van der Waals surface area contributed by atoms with E-state index >= 15 is 0 Å². The molecule has 0 spiro atoms. The van der Waals surface area contributed by atoms with Crippen LogP contribution in [0.3, 0.4) is 0 Å². The third kappa shape index (κ3) is 3.68. The van der Waals surface area contributed by atoms with Crippen LogP contribution in [-0.4, -0.2) is 10.9 Å². The number of rotatable bonds is 2. The van der Waals surface area contributed by atoms with Crippen molar-refractivity contribution in [2.45, 2.75) is 33.1 Å². The Morgan fingerprint density at radius 1 is 1.38 bits per heavy atom. The number of carbonyl (C=O) groups is 1. The van der Waals surface area contributed by atoms with Crippen LogP contribution in [0.5, 0.6) is 0 Å². The van der Waals surface area contributed by atoms with Gasteiger partial charge in [-0.25, -0.2) is 9.37 Å². The van der Waals surface area contributed by atoms with Crippen molar-refractivity contribution in [1.29, 1.82) is 0 Å². The van der Waals surface area contributed by atoms with Crippen molar-refractivity contribution >= 4 is 38.9 Å². The predicted molar refractivity (Wildman–Crippen MR) is 87.6 cm³/mol. The molecule has 112 valence electrons. The Morgan fingerprint density at radius 3 is 2.57 bits per heavy atom. The molecule has 0 bridgehead atoms. The summed E-state index contributed by atoms with van der Waals surface area (Å²) in [6.45, 7) is 8.00. The van der Waals surface area contributed by atoms with E-state index in [0.717, 1.165) is 5.01 Å². The Balaban J connectivity index is 2.27. The monoisotopic (exact) mass is 370 g/mol. The van der Waals surface area contributed by atoms with Crippen LogP contribution in [0.25, 0.3) is 0 Å². The Bertz CT molecular complexity index is 691. The first-order valence-corrected chi connectivity index (χ1v) is 8.04. The number of amides is 1. The Morgan fingerprint density at radius 2 is 2.05 bits per heavy atom. The van der Waals surface area contributed by atoms with Gasteiger partial charge in [0.15, 0.2) is 0 Å². The molecule has 1 heterocycles. The SMILES string of the molecule is Cc1nc(C(C)(C)C)sc1C(=O)Nc1ccc(F)cc1Br. The van der Waals surface area contributed by atoms with Crippen LogP contribution in [0.4, 0.5) is 10.1 Å². The lowest BCUT2D eigenvalue weighted by molar-refractivity contribution is 0.102. The Labute approximate surface area is 135 Å². The van der Waals surface area contributed by atoms with Crippen LogP contribution < -0.4 is 5.32 Å². The molecule has 1 aromatic carbocycles. The second-order valence-corrected chi connectivity index (χ2v) is 7.62. The molecule has 0 atom stereocenters. The lowest BCUT2D eigenvalue weighted by Crippen LogP contribution is -2.12. The molecule has 0 saturated heterocycles. The van der Waals surface area contributed by atoms with E-state index < -0.39 is 0 Å². The summed E-state index contributed by atoms with van der Waals surface area (Å²) >= 11 is 4.63. The molecule has 21 heavy (non-hydrogen) atoms. The van der Waals surface area contributed by atoms with E-state index in [4.69, 9.17) is 0 Å². The van der Waals surface area contributed by atoms with E-state index in [0.29, 0.717) is 20.7 Å². The molecular weight excluding hydrogens is 355 g/mol. The number of aromatic nitrogens is 1. The number of nitrogens with one attached hydrogen (secondary N) is 1. The number of anilines is 1. The molecule has 0 fully saturated rings. The minimum Gasteiger partial charge on any atom is -0.320 e. The van der Waals surface area contributed by atoms with Gasteiger partial charge in [0.2, 0.25) is 0 Å². The van der Waals surface area contributed by atoms with Gasteiger partial charge in [-0.2, -0.15) is 0 Å². The minimum atomic E-state index is -0.358. The second-order valence-electron chi connectivity index (χ2n) is 5.76. The number of aryl methyl sites for hydroxylation is 1. The summed E-state index contributed by atoms with van der Waals surface area (Å²) in [7, 11) is 0. The van der Waals surface area contributed by atoms with E-state index in [-0.39, 0.29) is 17.1 Å². The normalized spacial score (nSPS) is 11.5. The van der Waals surface area contributed by atoms with Gasteiger partial charge in [0, 0.05) is 9.89 Å². The number of thiazole rings is 1. The van der Waals surface area contributed by atoms with E-state index in [1.165, 1.54) is 29.5 Å². The molecule has 2 aromatic rings. The molecule has 6 heteroatoms. The molecule has 1 amide bonds. The molecule has 2 rings (SSSR count). The number of benzene rings is 1. The van der Waals surface area contributed by atoms with Crippen LogP contribution in [0.15, 0.2) is 22.7 Å². The first-order chi connectivity index (χ1) is 9.68. The van der Waals surface area contributed by atoms with Gasteiger partial charge in [0.1, 0.15) is 10.7 Å². The van der Waals surface area contributed by atoms with Crippen molar-refractivity contribution in [3.8, 4) is 0 Å². The zero-order chi connectivity index (χ0) is 15.8. The topological polar surface area (TPSA) is 42.0 Å². The molecule has 1 N–H and O–H groups in total. The zero-order valence-corrected chi connectivity index (χ0v) is 14.7. The third-order valence-corrected chi connectivity index (χ3v) is 5.06. The summed E-state index contributed by atoms with van der Waals surface area (Å²) in [5.41, 5.74) is 1.15. The average Bonchev–Trinajstić information content (AvgIpc) is 2.75. The maximum Gasteiger partial charge on any atom is 0.267 e. The van der Waals surface area contributed by atoms with Crippen molar-refractivity contribution in [3.63, 3.8) is 0 Å². The molecule has 0 aliphatic carbocycles. The average molecular weight is 371 g/mol. The summed E-state index contributed by atoms with van der Waals surface area (Å²) in [6, 6.07) is 4.15. The lowest BCUT2D eigenvalue weighted by Gasteiger charge is -2.13. The number of halogens is 2. The molecule has 1 aromatic heterocycles. The van der Waals surface area contributed by atoms with E-state index in [1.54, 1.807) is 0 Å². The standard InChI is InChI=1S/C15H16BrFN2OS/c1-8-12(21-14(18-8)15(2,3)4)13(20)19-11-6-5-9(17)7-10(11)16/h5-7H,1-4H3,(H,19,20). The molecular formula is C15H16BrFN2OS. The molecule has 0 radical (unpaired) electrons. The van der Waals surface area contributed by atoms with Crippen molar-refractivity contribution in [3.05, 3.63) is 44.1 Å². The highest BCUT2D eigenvalue weighted by Gasteiger charge is 2.23. The highest BCUT2D eigenvalue weighted by Crippen LogP contribution is 2.30. The smallest absolute Gasteiger partial charge is 0.267 e. The van der Waals surface area contributed by atoms with Gasteiger partial charge in [-0.05, 0) is 41.1 Å². The molecule has 0 saturated carbocycles. The Kier molecular flexibility index (Phi) is 4.49. The summed E-state index contributed by atoms with van der Waals surface area (Å²) in [5, 5.41) is 3.70. The van der Waals surface area contributed by atoms with Crippen LogP contribution >= 0.6 is 27.3 Å². The van der Waals surface area contributed by atoms with Gasteiger partial charge in [0.05, 0.1) is 16.4 Å². The predicted octanol–water partition coefficient (Wildman–Crippen LogP) is 4.90. The fourth-order valence-corrected chi connectivity index (χ4v) is 3.17. The van der Waals surface area contributed by atoms with Crippen molar-refractivity contribution in [2.75, 3.05) is 5.32 Å². The second kappa shape index (κ2) is 5.85. The summed E-state index contributed by atoms with van der Waals surface area (Å²) in [4.78, 5) is 17.4.